The molecule has 5 aliphatic rings. The van der Waals surface area contributed by atoms with Crippen molar-refractivity contribution < 1.29 is 5.11 Å². The van der Waals surface area contributed by atoms with Crippen LogP contribution in [0.2, 0.25) is 0 Å². The van der Waals surface area contributed by atoms with Crippen LogP contribution in [-0.2, 0) is 0 Å². The van der Waals surface area contributed by atoms with Crippen LogP contribution in [0, 0.1) is 29.1 Å². The number of aliphatic hydroxyl groups excluding tert-OH is 1. The molecule has 4 aromatic rings. The van der Waals surface area contributed by atoms with E-state index < -0.39 is 0 Å². The molecular weight excluding hydrogens is 488 g/mol. The SMILES string of the molecule is OC(CC1c2ccccc2-c2cncn21)C12CC3CC(C1)C(CCCNc1nc4ccccc4s1)C(C3)C2. The smallest absolute Gasteiger partial charge is 0.183 e. The van der Waals surface area contributed by atoms with Crippen LogP contribution in [0.1, 0.15) is 63.0 Å². The lowest BCUT2D eigenvalue weighted by atomic mass is 9.44. The maximum atomic E-state index is 11.9. The number of fused-ring (bicyclic) bond motifs is 4. The molecular formula is C32H36N4OS. The molecule has 196 valence electrons. The zero-order valence-electron chi connectivity index (χ0n) is 21.8. The number of para-hydroxylation sites is 1. The van der Waals surface area contributed by atoms with Crippen LogP contribution in [0.5, 0.6) is 0 Å². The highest BCUT2D eigenvalue weighted by Crippen LogP contribution is 2.65. The molecule has 2 aromatic heterocycles. The topological polar surface area (TPSA) is 63.0 Å². The highest BCUT2D eigenvalue weighted by molar-refractivity contribution is 7.22. The van der Waals surface area contributed by atoms with E-state index in [1.54, 1.807) is 11.3 Å². The Labute approximate surface area is 228 Å². The third-order valence-corrected chi connectivity index (χ3v) is 11.5. The van der Waals surface area contributed by atoms with Crippen LogP contribution in [0.15, 0.2) is 61.1 Å². The minimum Gasteiger partial charge on any atom is -0.392 e. The van der Waals surface area contributed by atoms with Gasteiger partial charge in [-0.25, -0.2) is 9.97 Å². The van der Waals surface area contributed by atoms with Crippen molar-refractivity contribution in [2.75, 3.05) is 11.9 Å². The van der Waals surface area contributed by atoms with Gasteiger partial charge in [0.05, 0.1) is 40.6 Å². The predicted octanol–water partition coefficient (Wildman–Crippen LogP) is 7.15. The fourth-order valence-corrected chi connectivity index (χ4v) is 10.1. The molecule has 1 aliphatic heterocycles. The van der Waals surface area contributed by atoms with Gasteiger partial charge in [-0.3, -0.25) is 0 Å². The number of thiazole rings is 1. The molecule has 9 rings (SSSR count). The molecule has 38 heavy (non-hydrogen) atoms. The van der Waals surface area contributed by atoms with E-state index in [-0.39, 0.29) is 17.6 Å². The van der Waals surface area contributed by atoms with Gasteiger partial charge in [0.2, 0.25) is 0 Å². The molecule has 4 fully saturated rings. The van der Waals surface area contributed by atoms with Crippen molar-refractivity contribution >= 4 is 26.7 Å². The van der Waals surface area contributed by atoms with Crippen LogP contribution in [0.25, 0.3) is 21.5 Å². The highest BCUT2D eigenvalue weighted by atomic mass is 32.1. The van der Waals surface area contributed by atoms with Gasteiger partial charge in [0.1, 0.15) is 0 Å². The second-order valence-electron chi connectivity index (χ2n) is 12.6. The number of anilines is 1. The number of aromatic nitrogens is 3. The summed E-state index contributed by atoms with van der Waals surface area (Å²) < 4.78 is 3.56. The van der Waals surface area contributed by atoms with E-state index in [4.69, 9.17) is 4.98 Å². The van der Waals surface area contributed by atoms with Crippen molar-refractivity contribution in [3.63, 3.8) is 0 Å². The van der Waals surface area contributed by atoms with Crippen molar-refractivity contribution in [3.05, 3.63) is 66.6 Å². The Bertz CT molecular complexity index is 1430. The Morgan fingerprint density at radius 1 is 1.05 bits per heavy atom. The number of rotatable bonds is 8. The maximum Gasteiger partial charge on any atom is 0.183 e. The number of nitrogens with one attached hydrogen (secondary N) is 1. The summed E-state index contributed by atoms with van der Waals surface area (Å²) in [6.45, 7) is 1.00. The first-order valence-electron chi connectivity index (χ1n) is 14.6. The average Bonchev–Trinajstić information content (AvgIpc) is 3.63. The molecule has 4 saturated carbocycles. The summed E-state index contributed by atoms with van der Waals surface area (Å²) in [5.74, 6) is 3.23. The maximum absolute atomic E-state index is 11.9. The summed E-state index contributed by atoms with van der Waals surface area (Å²) in [6.07, 6.45) is 13.5. The zero-order valence-corrected chi connectivity index (χ0v) is 22.6. The van der Waals surface area contributed by atoms with Crippen molar-refractivity contribution in [1.29, 1.82) is 0 Å². The van der Waals surface area contributed by atoms with E-state index >= 15 is 0 Å². The van der Waals surface area contributed by atoms with Gasteiger partial charge in [0, 0.05) is 12.1 Å². The Balaban J connectivity index is 0.930. The third kappa shape index (κ3) is 3.67. The summed E-state index contributed by atoms with van der Waals surface area (Å²) in [6, 6.07) is 17.3. The minimum atomic E-state index is -0.247. The monoisotopic (exact) mass is 524 g/mol. The molecule has 3 heterocycles. The normalized spacial score (nSPS) is 31.4. The predicted molar refractivity (Wildman–Crippen MR) is 153 cm³/mol. The molecule has 0 saturated heterocycles. The molecule has 0 amide bonds. The molecule has 5 nitrogen and oxygen atoms in total. The van der Waals surface area contributed by atoms with Crippen LogP contribution in [-0.4, -0.2) is 32.3 Å². The lowest BCUT2D eigenvalue weighted by Crippen LogP contribution is -2.55. The first-order valence-corrected chi connectivity index (χ1v) is 15.4. The number of aliphatic hydroxyl groups is 1. The quantitative estimate of drug-likeness (QED) is 0.240. The van der Waals surface area contributed by atoms with E-state index in [2.05, 4.69) is 63.4 Å². The first-order chi connectivity index (χ1) is 18.7. The van der Waals surface area contributed by atoms with Crippen LogP contribution in [0.3, 0.4) is 0 Å². The molecule has 4 atom stereocenters. The van der Waals surface area contributed by atoms with Crippen molar-refractivity contribution in [3.8, 4) is 11.3 Å². The van der Waals surface area contributed by atoms with E-state index in [0.717, 1.165) is 47.3 Å². The molecule has 6 heteroatoms. The average molecular weight is 525 g/mol. The summed E-state index contributed by atoms with van der Waals surface area (Å²) in [5, 5.41) is 16.5. The standard InChI is InChI=1S/C32H36N4OS/c37-30(14-27-24-6-1-2-7-25(24)28-18-33-19-36(27)28)32-15-20-12-21(16-32)23(22(13-20)17-32)8-5-11-34-31-35-26-9-3-4-10-29(26)38-31/h1-4,6-7,9-10,18-23,27,30,37H,5,8,11-17H2,(H,34,35). The summed E-state index contributed by atoms with van der Waals surface area (Å²) in [7, 11) is 0. The Morgan fingerprint density at radius 3 is 2.74 bits per heavy atom. The van der Waals surface area contributed by atoms with Gasteiger partial charge in [0.15, 0.2) is 5.13 Å². The molecule has 0 radical (unpaired) electrons. The lowest BCUT2D eigenvalue weighted by Gasteiger charge is -2.62. The van der Waals surface area contributed by atoms with Gasteiger partial charge in [-0.2, -0.15) is 0 Å². The van der Waals surface area contributed by atoms with Crippen molar-refractivity contribution in [2.24, 2.45) is 29.1 Å². The second kappa shape index (κ2) is 8.92. The number of hydrogen-bond acceptors (Lipinski definition) is 5. The first kappa shape index (κ1) is 23.2. The molecule has 4 unspecified atom stereocenters. The second-order valence-corrected chi connectivity index (χ2v) is 13.6. The molecule has 4 bridgehead atoms. The molecule has 4 aliphatic carbocycles. The van der Waals surface area contributed by atoms with E-state index in [1.165, 1.54) is 66.5 Å². The van der Waals surface area contributed by atoms with Crippen LogP contribution >= 0.6 is 11.3 Å². The van der Waals surface area contributed by atoms with E-state index in [0.29, 0.717) is 0 Å². The van der Waals surface area contributed by atoms with Crippen molar-refractivity contribution in [2.45, 2.75) is 63.5 Å². The molecule has 0 spiro atoms. The largest absolute Gasteiger partial charge is 0.392 e. The van der Waals surface area contributed by atoms with E-state index in [1.807, 2.05) is 12.5 Å². The lowest BCUT2D eigenvalue weighted by molar-refractivity contribution is -0.151. The van der Waals surface area contributed by atoms with Gasteiger partial charge >= 0.3 is 0 Å². The molecule has 2 aromatic carbocycles. The summed E-state index contributed by atoms with van der Waals surface area (Å²) in [5.41, 5.74) is 5.04. The van der Waals surface area contributed by atoms with Gasteiger partial charge in [-0.15, -0.1) is 0 Å². The number of hydrogen-bond donors (Lipinski definition) is 2. The minimum absolute atomic E-state index is 0.116. The highest BCUT2D eigenvalue weighted by Gasteiger charge is 2.57. The Hall–Kier alpha value is -2.70. The fourth-order valence-electron chi connectivity index (χ4n) is 9.19. The van der Waals surface area contributed by atoms with E-state index in [9.17, 15) is 5.11 Å². The van der Waals surface area contributed by atoms with Gasteiger partial charge in [0.25, 0.3) is 0 Å². The molecule has 2 N–H and O–H groups in total. The summed E-state index contributed by atoms with van der Waals surface area (Å²) in [4.78, 5) is 9.18. The third-order valence-electron chi connectivity index (χ3n) is 10.6. The van der Waals surface area contributed by atoms with Crippen molar-refractivity contribution in [1.82, 2.24) is 14.5 Å². The van der Waals surface area contributed by atoms with Gasteiger partial charge in [-0.05, 0) is 98.1 Å². The number of nitrogens with zero attached hydrogens (tertiary/aromatic N) is 3. The number of imidazole rings is 1. The Kier molecular flexibility index (Phi) is 5.45. The summed E-state index contributed by atoms with van der Waals surface area (Å²) >= 11 is 1.76. The fraction of sp³-hybridized carbons (Fsp3) is 0.500. The number of benzene rings is 2. The van der Waals surface area contributed by atoms with Gasteiger partial charge in [-0.1, -0.05) is 47.7 Å². The van der Waals surface area contributed by atoms with Crippen LogP contribution in [0.4, 0.5) is 5.13 Å². The Morgan fingerprint density at radius 2 is 1.87 bits per heavy atom. The van der Waals surface area contributed by atoms with Crippen LogP contribution < -0.4 is 5.32 Å². The van der Waals surface area contributed by atoms with Gasteiger partial charge < -0.3 is 15.0 Å². The zero-order chi connectivity index (χ0) is 25.3.